The first-order chi connectivity index (χ1) is 14.2. The van der Waals surface area contributed by atoms with Crippen molar-refractivity contribution < 1.29 is 32.2 Å². The Morgan fingerprint density at radius 3 is 2.53 bits per heavy atom. The fourth-order valence-electron chi connectivity index (χ4n) is 3.07. The highest BCUT2D eigenvalue weighted by Crippen LogP contribution is 2.39. The van der Waals surface area contributed by atoms with E-state index in [9.17, 15) is 22.8 Å². The number of rotatable bonds is 4. The molecule has 2 unspecified atom stereocenters. The van der Waals surface area contributed by atoms with Crippen molar-refractivity contribution >= 4 is 17.6 Å². The van der Waals surface area contributed by atoms with Gasteiger partial charge >= 0.3 is 18.1 Å². The molecular formula is C20H20F3N3O4. The summed E-state index contributed by atoms with van der Waals surface area (Å²) in [7, 11) is 2.81. The van der Waals surface area contributed by atoms with Crippen LogP contribution in [0.3, 0.4) is 0 Å². The van der Waals surface area contributed by atoms with E-state index in [-0.39, 0.29) is 6.54 Å². The first-order valence-corrected chi connectivity index (χ1v) is 8.98. The number of benzene rings is 2. The zero-order chi connectivity index (χ0) is 21.9. The molecule has 1 aliphatic rings. The summed E-state index contributed by atoms with van der Waals surface area (Å²) in [6.07, 6.45) is -5.68. The average Bonchev–Trinajstić information content (AvgIpc) is 2.72. The minimum absolute atomic E-state index is 0.0345. The standard InChI is InChI=1S/C20H20F3N3O4/c1-26(19(28)25-18(27)20(21,22)23)11-15-17(12-6-4-3-5-7-12)30-16-9-8-13(29-2)10-14(16)24-15/h3-10,15,17,24H,11H2,1-2H3,(H,25,27,28). The third kappa shape index (κ3) is 4.76. The fraction of sp³-hybridized carbons (Fsp3) is 0.300. The third-order valence-corrected chi connectivity index (χ3v) is 4.57. The molecule has 0 radical (unpaired) electrons. The number of fused-ring (bicyclic) bond motifs is 1. The Balaban J connectivity index is 1.82. The number of halogens is 3. The Morgan fingerprint density at radius 1 is 1.20 bits per heavy atom. The summed E-state index contributed by atoms with van der Waals surface area (Å²) < 4.78 is 48.6. The number of carbonyl (C=O) groups is 2. The Bertz CT molecular complexity index is 921. The molecule has 3 amide bonds. The van der Waals surface area contributed by atoms with Crippen LogP contribution < -0.4 is 20.1 Å². The van der Waals surface area contributed by atoms with E-state index < -0.39 is 30.3 Å². The van der Waals surface area contributed by atoms with Crippen LogP contribution in [0.2, 0.25) is 0 Å². The second-order valence-corrected chi connectivity index (χ2v) is 6.70. The van der Waals surface area contributed by atoms with Crippen LogP contribution >= 0.6 is 0 Å². The van der Waals surface area contributed by atoms with Crippen molar-refractivity contribution in [3.05, 3.63) is 54.1 Å². The molecule has 0 saturated carbocycles. The maximum Gasteiger partial charge on any atom is 0.471 e. The number of alkyl halides is 3. The topological polar surface area (TPSA) is 79.9 Å². The fourth-order valence-corrected chi connectivity index (χ4v) is 3.07. The van der Waals surface area contributed by atoms with Gasteiger partial charge in [-0.3, -0.25) is 10.1 Å². The Labute approximate surface area is 170 Å². The third-order valence-electron chi connectivity index (χ3n) is 4.57. The first-order valence-electron chi connectivity index (χ1n) is 8.98. The van der Waals surface area contributed by atoms with E-state index in [1.807, 2.05) is 30.3 Å². The molecule has 2 aromatic carbocycles. The van der Waals surface area contributed by atoms with Gasteiger partial charge < -0.3 is 19.7 Å². The van der Waals surface area contributed by atoms with Crippen LogP contribution in [0.1, 0.15) is 11.7 Å². The van der Waals surface area contributed by atoms with Gasteiger partial charge in [0.2, 0.25) is 0 Å². The summed E-state index contributed by atoms with van der Waals surface area (Å²) in [6.45, 7) is -0.0345. The van der Waals surface area contributed by atoms with Crippen molar-refractivity contribution in [2.24, 2.45) is 0 Å². The maximum absolute atomic E-state index is 12.4. The van der Waals surface area contributed by atoms with E-state index in [1.54, 1.807) is 18.2 Å². The molecule has 10 heteroatoms. The molecule has 0 bridgehead atoms. The van der Waals surface area contributed by atoms with E-state index in [0.717, 1.165) is 10.5 Å². The lowest BCUT2D eigenvalue weighted by atomic mass is 9.99. The molecule has 30 heavy (non-hydrogen) atoms. The van der Waals surface area contributed by atoms with E-state index in [0.29, 0.717) is 17.2 Å². The van der Waals surface area contributed by atoms with Crippen molar-refractivity contribution in [2.75, 3.05) is 26.0 Å². The molecule has 3 rings (SSSR count). The molecule has 2 aromatic rings. The van der Waals surface area contributed by atoms with Crippen LogP contribution in [0.25, 0.3) is 0 Å². The largest absolute Gasteiger partial charge is 0.497 e. The molecule has 0 aliphatic carbocycles. The normalized spacial score (nSPS) is 17.8. The lowest BCUT2D eigenvalue weighted by molar-refractivity contribution is -0.172. The van der Waals surface area contributed by atoms with Gasteiger partial charge in [-0.05, 0) is 17.7 Å². The average molecular weight is 423 g/mol. The van der Waals surface area contributed by atoms with Gasteiger partial charge in [0.05, 0.1) is 18.8 Å². The molecule has 0 spiro atoms. The zero-order valence-electron chi connectivity index (χ0n) is 16.2. The van der Waals surface area contributed by atoms with Crippen molar-refractivity contribution in [3.63, 3.8) is 0 Å². The minimum Gasteiger partial charge on any atom is -0.497 e. The van der Waals surface area contributed by atoms with Gasteiger partial charge in [-0.25, -0.2) is 4.79 Å². The van der Waals surface area contributed by atoms with Crippen LogP contribution in [0, 0.1) is 0 Å². The van der Waals surface area contributed by atoms with Gasteiger partial charge in [0.15, 0.2) is 0 Å². The van der Waals surface area contributed by atoms with Gasteiger partial charge in [-0.2, -0.15) is 13.2 Å². The summed E-state index contributed by atoms with van der Waals surface area (Å²) >= 11 is 0. The number of imide groups is 1. The monoisotopic (exact) mass is 423 g/mol. The van der Waals surface area contributed by atoms with Gasteiger partial charge in [-0.15, -0.1) is 0 Å². The minimum atomic E-state index is -5.15. The highest BCUT2D eigenvalue weighted by Gasteiger charge is 2.40. The van der Waals surface area contributed by atoms with Crippen LogP contribution in [0.5, 0.6) is 11.5 Å². The number of hydrogen-bond acceptors (Lipinski definition) is 5. The van der Waals surface area contributed by atoms with Gasteiger partial charge in [-0.1, -0.05) is 30.3 Å². The van der Waals surface area contributed by atoms with Gasteiger partial charge in [0.25, 0.3) is 0 Å². The number of methoxy groups -OCH3 is 1. The summed E-state index contributed by atoms with van der Waals surface area (Å²) in [6, 6.07) is 12.7. The quantitative estimate of drug-likeness (QED) is 0.789. The van der Waals surface area contributed by atoms with Gasteiger partial charge in [0, 0.05) is 19.7 Å². The van der Waals surface area contributed by atoms with Crippen LogP contribution in [0.4, 0.5) is 23.7 Å². The van der Waals surface area contributed by atoms with Crippen molar-refractivity contribution in [2.45, 2.75) is 18.3 Å². The van der Waals surface area contributed by atoms with E-state index in [1.165, 1.54) is 19.5 Å². The number of amides is 3. The molecule has 0 aromatic heterocycles. The lowest BCUT2D eigenvalue weighted by Crippen LogP contribution is -2.50. The summed E-state index contributed by atoms with van der Waals surface area (Å²) in [5.74, 6) is -1.16. The molecule has 160 valence electrons. The molecule has 0 saturated heterocycles. The molecule has 0 fully saturated rings. The lowest BCUT2D eigenvalue weighted by Gasteiger charge is -2.37. The number of anilines is 1. The SMILES string of the molecule is COc1ccc2c(c1)NC(CN(C)C(=O)NC(=O)C(F)(F)F)C(c1ccccc1)O2. The Hall–Kier alpha value is -3.43. The number of carbonyl (C=O) groups excluding carboxylic acids is 2. The summed E-state index contributed by atoms with van der Waals surface area (Å²) in [5.41, 5.74) is 1.43. The smallest absolute Gasteiger partial charge is 0.471 e. The van der Waals surface area contributed by atoms with E-state index >= 15 is 0 Å². The Kier molecular flexibility index (Phi) is 6.04. The summed E-state index contributed by atoms with van der Waals surface area (Å²) in [4.78, 5) is 24.1. The number of nitrogens with zero attached hydrogens (tertiary/aromatic N) is 1. The first kappa shape index (κ1) is 21.3. The van der Waals surface area contributed by atoms with Gasteiger partial charge in [0.1, 0.15) is 17.6 Å². The Morgan fingerprint density at radius 2 is 1.90 bits per heavy atom. The second kappa shape index (κ2) is 8.52. The van der Waals surface area contributed by atoms with Crippen molar-refractivity contribution in [3.8, 4) is 11.5 Å². The van der Waals surface area contributed by atoms with Crippen molar-refractivity contribution in [1.29, 1.82) is 0 Å². The molecule has 1 heterocycles. The van der Waals surface area contributed by atoms with E-state index in [4.69, 9.17) is 9.47 Å². The number of likely N-dealkylation sites (N-methyl/N-ethyl adjacent to an activating group) is 1. The number of ether oxygens (including phenoxy) is 2. The predicted octanol–water partition coefficient (Wildman–Crippen LogP) is 3.34. The number of nitrogens with one attached hydrogen (secondary N) is 2. The second-order valence-electron chi connectivity index (χ2n) is 6.70. The predicted molar refractivity (Wildman–Crippen MR) is 102 cm³/mol. The van der Waals surface area contributed by atoms with Crippen LogP contribution in [0.15, 0.2) is 48.5 Å². The maximum atomic E-state index is 12.4. The van der Waals surface area contributed by atoms with E-state index in [2.05, 4.69) is 5.32 Å². The highest BCUT2D eigenvalue weighted by molar-refractivity contribution is 5.97. The molecule has 2 atom stereocenters. The zero-order valence-corrected chi connectivity index (χ0v) is 16.2. The molecule has 2 N–H and O–H groups in total. The summed E-state index contributed by atoms with van der Waals surface area (Å²) in [5, 5.41) is 4.59. The van der Waals surface area contributed by atoms with Crippen LogP contribution in [-0.2, 0) is 4.79 Å². The van der Waals surface area contributed by atoms with Crippen molar-refractivity contribution in [1.82, 2.24) is 10.2 Å². The molecular weight excluding hydrogens is 403 g/mol. The number of hydrogen-bond donors (Lipinski definition) is 2. The number of urea groups is 1. The van der Waals surface area contributed by atoms with Crippen LogP contribution in [-0.4, -0.2) is 49.8 Å². The highest BCUT2D eigenvalue weighted by atomic mass is 19.4. The molecule has 7 nitrogen and oxygen atoms in total. The molecule has 1 aliphatic heterocycles.